The predicted molar refractivity (Wildman–Crippen MR) is 71.0 cm³/mol. The van der Waals surface area contributed by atoms with Crippen LogP contribution in [0.4, 0.5) is 8.78 Å². The minimum Gasteiger partial charge on any atom is -0.419 e. The third-order valence-electron chi connectivity index (χ3n) is 2.95. The molecule has 2 rings (SSSR count). The summed E-state index contributed by atoms with van der Waals surface area (Å²) < 4.78 is 32.0. The first-order valence-electron chi connectivity index (χ1n) is 6.67. The molecule has 1 heterocycles. The van der Waals surface area contributed by atoms with Crippen LogP contribution in [0.3, 0.4) is 0 Å². The standard InChI is InChI=1S/C14H17F2N3O/c1-3-7-17-12(4-2)14-19-18-13(20-14)10-6-5-9(15)8-11(10)16/h5-6,8,12,17H,3-4,7H2,1-2H3. The fourth-order valence-corrected chi connectivity index (χ4v) is 1.87. The van der Waals surface area contributed by atoms with Gasteiger partial charge < -0.3 is 9.73 Å². The molecule has 0 aliphatic carbocycles. The average molecular weight is 281 g/mol. The Hall–Kier alpha value is -1.82. The van der Waals surface area contributed by atoms with Gasteiger partial charge in [0, 0.05) is 6.07 Å². The summed E-state index contributed by atoms with van der Waals surface area (Å²) in [7, 11) is 0. The van der Waals surface area contributed by atoms with Crippen LogP contribution in [0.25, 0.3) is 11.5 Å². The van der Waals surface area contributed by atoms with E-state index in [0.717, 1.165) is 31.5 Å². The largest absolute Gasteiger partial charge is 0.419 e. The molecule has 108 valence electrons. The summed E-state index contributed by atoms with van der Waals surface area (Å²) in [6.45, 7) is 4.89. The van der Waals surface area contributed by atoms with Crippen LogP contribution >= 0.6 is 0 Å². The first-order valence-corrected chi connectivity index (χ1v) is 6.67. The van der Waals surface area contributed by atoms with Crippen molar-refractivity contribution in [2.75, 3.05) is 6.54 Å². The molecule has 0 aliphatic heterocycles. The summed E-state index contributed by atoms with van der Waals surface area (Å²) in [5.74, 6) is -0.870. The zero-order valence-corrected chi connectivity index (χ0v) is 11.5. The SMILES string of the molecule is CCCNC(CC)c1nnc(-c2ccc(F)cc2F)o1. The molecule has 1 unspecified atom stereocenters. The quantitative estimate of drug-likeness (QED) is 0.881. The van der Waals surface area contributed by atoms with Crippen LogP contribution in [0.5, 0.6) is 0 Å². The second-order valence-corrected chi connectivity index (χ2v) is 4.48. The average Bonchev–Trinajstić information content (AvgIpc) is 2.89. The molecule has 0 radical (unpaired) electrons. The minimum absolute atomic E-state index is 0.0558. The van der Waals surface area contributed by atoms with Crippen LogP contribution in [0.15, 0.2) is 22.6 Å². The summed E-state index contributed by atoms with van der Waals surface area (Å²) in [6.07, 6.45) is 1.78. The zero-order chi connectivity index (χ0) is 14.5. The molecule has 0 spiro atoms. The number of hydrogen-bond acceptors (Lipinski definition) is 4. The van der Waals surface area contributed by atoms with Crippen molar-refractivity contribution in [1.29, 1.82) is 0 Å². The van der Waals surface area contributed by atoms with E-state index in [0.29, 0.717) is 5.89 Å². The maximum atomic E-state index is 13.6. The molecule has 0 bridgehead atoms. The van der Waals surface area contributed by atoms with Gasteiger partial charge in [-0.3, -0.25) is 0 Å². The minimum atomic E-state index is -0.713. The van der Waals surface area contributed by atoms with Crippen LogP contribution in [-0.4, -0.2) is 16.7 Å². The Balaban J connectivity index is 2.23. The highest BCUT2D eigenvalue weighted by atomic mass is 19.1. The fourth-order valence-electron chi connectivity index (χ4n) is 1.87. The van der Waals surface area contributed by atoms with Crippen LogP contribution in [0.2, 0.25) is 0 Å². The van der Waals surface area contributed by atoms with Crippen molar-refractivity contribution >= 4 is 0 Å². The van der Waals surface area contributed by atoms with Gasteiger partial charge in [0.05, 0.1) is 11.6 Å². The second kappa shape index (κ2) is 6.56. The number of rotatable bonds is 6. The zero-order valence-electron chi connectivity index (χ0n) is 11.5. The first-order chi connectivity index (χ1) is 9.65. The van der Waals surface area contributed by atoms with E-state index in [1.165, 1.54) is 6.07 Å². The predicted octanol–water partition coefficient (Wildman–Crippen LogP) is 3.47. The highest BCUT2D eigenvalue weighted by Gasteiger charge is 2.18. The summed E-state index contributed by atoms with van der Waals surface area (Å²) in [5, 5.41) is 11.0. The number of nitrogens with one attached hydrogen (secondary N) is 1. The molecule has 1 N–H and O–H groups in total. The van der Waals surface area contributed by atoms with Crippen molar-refractivity contribution in [2.24, 2.45) is 0 Å². The van der Waals surface area contributed by atoms with E-state index in [2.05, 4.69) is 22.4 Å². The van der Waals surface area contributed by atoms with Crippen LogP contribution in [0.1, 0.15) is 38.6 Å². The van der Waals surface area contributed by atoms with Crippen LogP contribution in [0, 0.1) is 11.6 Å². The Morgan fingerprint density at radius 3 is 2.70 bits per heavy atom. The molecule has 0 aliphatic rings. The van der Waals surface area contributed by atoms with Gasteiger partial charge in [-0.15, -0.1) is 10.2 Å². The maximum Gasteiger partial charge on any atom is 0.250 e. The Kier molecular flexibility index (Phi) is 4.79. The topological polar surface area (TPSA) is 51.0 Å². The highest BCUT2D eigenvalue weighted by Crippen LogP contribution is 2.24. The molecule has 0 saturated heterocycles. The number of nitrogens with zero attached hydrogens (tertiary/aromatic N) is 2. The monoisotopic (exact) mass is 281 g/mol. The van der Waals surface area contributed by atoms with Crippen molar-refractivity contribution in [1.82, 2.24) is 15.5 Å². The Bertz CT molecular complexity index is 571. The summed E-state index contributed by atoms with van der Waals surface area (Å²) in [6, 6.07) is 3.20. The van der Waals surface area contributed by atoms with Gasteiger partial charge in [-0.25, -0.2) is 8.78 Å². The van der Waals surface area contributed by atoms with E-state index in [9.17, 15) is 8.78 Å². The molecule has 4 nitrogen and oxygen atoms in total. The maximum absolute atomic E-state index is 13.6. The first kappa shape index (κ1) is 14.6. The van der Waals surface area contributed by atoms with Crippen molar-refractivity contribution < 1.29 is 13.2 Å². The number of aromatic nitrogens is 2. The third kappa shape index (κ3) is 3.19. The molecule has 0 saturated carbocycles. The van der Waals surface area contributed by atoms with E-state index in [1.807, 2.05) is 6.92 Å². The van der Waals surface area contributed by atoms with Gasteiger partial charge in [0.15, 0.2) is 0 Å². The molecule has 20 heavy (non-hydrogen) atoms. The number of benzene rings is 1. The van der Waals surface area contributed by atoms with Gasteiger partial charge in [-0.2, -0.15) is 0 Å². The van der Waals surface area contributed by atoms with E-state index in [1.54, 1.807) is 0 Å². The normalized spacial score (nSPS) is 12.6. The molecule has 2 aromatic rings. The molecule has 6 heteroatoms. The van der Waals surface area contributed by atoms with Crippen molar-refractivity contribution in [3.8, 4) is 11.5 Å². The van der Waals surface area contributed by atoms with Crippen molar-refractivity contribution in [3.63, 3.8) is 0 Å². The van der Waals surface area contributed by atoms with Crippen LogP contribution < -0.4 is 5.32 Å². The number of hydrogen-bond donors (Lipinski definition) is 1. The molecule has 1 atom stereocenters. The van der Waals surface area contributed by atoms with Crippen molar-refractivity contribution in [2.45, 2.75) is 32.7 Å². The van der Waals surface area contributed by atoms with Gasteiger partial charge in [0.25, 0.3) is 5.89 Å². The molecular weight excluding hydrogens is 264 g/mol. The van der Waals surface area contributed by atoms with E-state index in [4.69, 9.17) is 4.42 Å². The second-order valence-electron chi connectivity index (χ2n) is 4.48. The van der Waals surface area contributed by atoms with Gasteiger partial charge >= 0.3 is 0 Å². The lowest BCUT2D eigenvalue weighted by Crippen LogP contribution is -2.21. The lowest BCUT2D eigenvalue weighted by molar-refractivity contribution is 0.395. The fraction of sp³-hybridized carbons (Fsp3) is 0.429. The third-order valence-corrected chi connectivity index (χ3v) is 2.95. The van der Waals surface area contributed by atoms with Gasteiger partial charge in [-0.1, -0.05) is 13.8 Å². The Morgan fingerprint density at radius 2 is 2.05 bits per heavy atom. The van der Waals surface area contributed by atoms with Crippen molar-refractivity contribution in [3.05, 3.63) is 35.7 Å². The van der Waals surface area contributed by atoms with Crippen LogP contribution in [-0.2, 0) is 0 Å². The van der Waals surface area contributed by atoms with Gasteiger partial charge in [-0.05, 0) is 31.5 Å². The summed E-state index contributed by atoms with van der Waals surface area (Å²) in [5.41, 5.74) is 0.107. The Morgan fingerprint density at radius 1 is 1.25 bits per heavy atom. The lowest BCUT2D eigenvalue weighted by atomic mass is 10.2. The van der Waals surface area contributed by atoms with Gasteiger partial charge in [0.1, 0.15) is 11.6 Å². The van der Waals surface area contributed by atoms with E-state index < -0.39 is 11.6 Å². The number of halogens is 2. The lowest BCUT2D eigenvalue weighted by Gasteiger charge is -2.11. The molecular formula is C14H17F2N3O. The van der Waals surface area contributed by atoms with E-state index >= 15 is 0 Å². The van der Waals surface area contributed by atoms with E-state index in [-0.39, 0.29) is 17.5 Å². The molecule has 0 fully saturated rings. The summed E-state index contributed by atoms with van der Waals surface area (Å²) >= 11 is 0. The molecule has 1 aromatic heterocycles. The summed E-state index contributed by atoms with van der Waals surface area (Å²) in [4.78, 5) is 0. The Labute approximate surface area is 116 Å². The highest BCUT2D eigenvalue weighted by molar-refractivity contribution is 5.53. The molecule has 0 amide bonds. The smallest absolute Gasteiger partial charge is 0.250 e. The molecule has 1 aromatic carbocycles. The van der Waals surface area contributed by atoms with Gasteiger partial charge in [0.2, 0.25) is 5.89 Å².